The van der Waals surface area contributed by atoms with Crippen LogP contribution in [0.3, 0.4) is 0 Å². The summed E-state index contributed by atoms with van der Waals surface area (Å²) in [7, 11) is 0. The van der Waals surface area contributed by atoms with Crippen molar-refractivity contribution in [3.63, 3.8) is 0 Å². The number of nitrogens with zero attached hydrogens (tertiary/aromatic N) is 3. The van der Waals surface area contributed by atoms with E-state index >= 15 is 0 Å². The van der Waals surface area contributed by atoms with Crippen LogP contribution in [0.4, 0.5) is 0 Å². The molecule has 2 aliphatic heterocycles. The van der Waals surface area contributed by atoms with E-state index in [1.807, 2.05) is 6.92 Å². The maximum absolute atomic E-state index is 12.0. The maximum atomic E-state index is 12.0. The lowest BCUT2D eigenvalue weighted by molar-refractivity contribution is -0.153. The van der Waals surface area contributed by atoms with Gasteiger partial charge in [0.05, 0.1) is 12.6 Å². The number of carbonyl (C=O) groups excluding carboxylic acids is 2. The summed E-state index contributed by atoms with van der Waals surface area (Å²) in [6, 6.07) is 2.18. The van der Waals surface area contributed by atoms with Crippen LogP contribution in [-0.2, 0) is 9.59 Å². The fraction of sp³-hybridized carbons (Fsp3) is 0.769. The van der Waals surface area contributed by atoms with Crippen LogP contribution < -0.4 is 0 Å². The van der Waals surface area contributed by atoms with Crippen molar-refractivity contribution in [3.05, 3.63) is 0 Å². The quantitative estimate of drug-likeness (QED) is 0.535. The van der Waals surface area contributed by atoms with Crippen LogP contribution in [0.1, 0.15) is 32.6 Å². The Morgan fingerprint density at radius 1 is 1.22 bits per heavy atom. The van der Waals surface area contributed by atoms with E-state index in [0.29, 0.717) is 19.4 Å². The van der Waals surface area contributed by atoms with Gasteiger partial charge in [0.1, 0.15) is 0 Å². The van der Waals surface area contributed by atoms with Gasteiger partial charge in [-0.1, -0.05) is 6.92 Å². The van der Waals surface area contributed by atoms with Crippen LogP contribution in [0.25, 0.3) is 0 Å². The normalized spacial score (nSPS) is 24.3. The van der Waals surface area contributed by atoms with Gasteiger partial charge in [-0.05, 0) is 18.8 Å². The summed E-state index contributed by atoms with van der Waals surface area (Å²) in [6.45, 7) is 3.98. The molecule has 0 aromatic carbocycles. The number of carbonyl (C=O) groups is 2. The molecule has 18 heavy (non-hydrogen) atoms. The van der Waals surface area contributed by atoms with Crippen molar-refractivity contribution in [1.82, 2.24) is 9.80 Å². The number of rotatable bonds is 2. The molecule has 5 heteroatoms. The molecule has 5 nitrogen and oxygen atoms in total. The monoisotopic (exact) mass is 249 g/mol. The Hall–Kier alpha value is -1.41. The molecule has 0 spiro atoms. The van der Waals surface area contributed by atoms with Crippen molar-refractivity contribution in [3.8, 4) is 6.07 Å². The number of amides is 2. The average Bonchev–Trinajstić information content (AvgIpc) is 2.30. The van der Waals surface area contributed by atoms with Gasteiger partial charge in [0.25, 0.3) is 0 Å². The number of hydrogen-bond donors (Lipinski definition) is 0. The molecular weight excluding hydrogens is 230 g/mol. The molecule has 2 amide bonds. The molecule has 0 radical (unpaired) electrons. The van der Waals surface area contributed by atoms with Gasteiger partial charge in [0.2, 0.25) is 11.8 Å². The van der Waals surface area contributed by atoms with Gasteiger partial charge in [-0.3, -0.25) is 19.4 Å². The Bertz CT molecular complexity index is 362. The second-order valence-electron chi connectivity index (χ2n) is 5.34. The first-order valence-electron chi connectivity index (χ1n) is 6.56. The molecule has 0 unspecified atom stereocenters. The van der Waals surface area contributed by atoms with Crippen LogP contribution in [0.15, 0.2) is 0 Å². The van der Waals surface area contributed by atoms with E-state index in [-0.39, 0.29) is 23.8 Å². The molecule has 0 bridgehead atoms. The molecule has 2 saturated heterocycles. The first kappa shape index (κ1) is 13.0. The maximum Gasteiger partial charge on any atom is 0.229 e. The lowest BCUT2D eigenvalue weighted by Gasteiger charge is -2.39. The lowest BCUT2D eigenvalue weighted by Crippen LogP contribution is -2.52. The van der Waals surface area contributed by atoms with E-state index in [9.17, 15) is 9.59 Å². The van der Waals surface area contributed by atoms with E-state index in [4.69, 9.17) is 5.26 Å². The molecular formula is C13H19N3O2. The summed E-state index contributed by atoms with van der Waals surface area (Å²) in [6.07, 6.45) is 2.58. The molecule has 0 aromatic rings. The summed E-state index contributed by atoms with van der Waals surface area (Å²) in [5.41, 5.74) is 0. The van der Waals surface area contributed by atoms with Gasteiger partial charge in [-0.15, -0.1) is 0 Å². The second-order valence-corrected chi connectivity index (χ2v) is 5.34. The third-order valence-corrected chi connectivity index (χ3v) is 3.80. The van der Waals surface area contributed by atoms with Crippen LogP contribution in [0.5, 0.6) is 0 Å². The molecule has 0 N–H and O–H groups in total. The van der Waals surface area contributed by atoms with Gasteiger partial charge in [0, 0.05) is 32.0 Å². The van der Waals surface area contributed by atoms with Crippen LogP contribution in [-0.4, -0.2) is 47.3 Å². The Balaban J connectivity index is 1.95. The van der Waals surface area contributed by atoms with Gasteiger partial charge in [-0.2, -0.15) is 5.26 Å². The summed E-state index contributed by atoms with van der Waals surface area (Å²) < 4.78 is 0. The van der Waals surface area contributed by atoms with Crippen molar-refractivity contribution < 1.29 is 9.59 Å². The standard InChI is InChI=1S/C13H19N3O2/c1-10-8-12(17)16(13(18)9-10)11-2-5-15(6-3-11)7-4-14/h10-11H,2-3,5-9H2,1H3. The third kappa shape index (κ3) is 2.70. The molecule has 0 aliphatic carbocycles. The number of piperidine rings is 2. The highest BCUT2D eigenvalue weighted by molar-refractivity contribution is 5.98. The predicted molar refractivity (Wildman–Crippen MR) is 65.3 cm³/mol. The van der Waals surface area contributed by atoms with Crippen molar-refractivity contribution in [1.29, 1.82) is 5.26 Å². The van der Waals surface area contributed by atoms with Crippen molar-refractivity contribution in [2.45, 2.75) is 38.6 Å². The van der Waals surface area contributed by atoms with Crippen LogP contribution in [0, 0.1) is 17.2 Å². The molecule has 2 heterocycles. The molecule has 2 fully saturated rings. The van der Waals surface area contributed by atoms with Crippen molar-refractivity contribution in [2.75, 3.05) is 19.6 Å². The van der Waals surface area contributed by atoms with E-state index < -0.39 is 0 Å². The molecule has 0 saturated carbocycles. The zero-order chi connectivity index (χ0) is 13.1. The zero-order valence-electron chi connectivity index (χ0n) is 10.8. The Morgan fingerprint density at radius 2 is 1.78 bits per heavy atom. The van der Waals surface area contributed by atoms with E-state index in [1.54, 1.807) is 0 Å². The summed E-state index contributed by atoms with van der Waals surface area (Å²) in [5, 5.41) is 8.64. The Morgan fingerprint density at radius 3 is 2.28 bits per heavy atom. The second kappa shape index (κ2) is 5.49. The predicted octanol–water partition coefficient (Wildman–Crippen LogP) is 0.759. The molecule has 2 aliphatic rings. The summed E-state index contributed by atoms with van der Waals surface area (Å²) >= 11 is 0. The summed E-state index contributed by atoms with van der Waals surface area (Å²) in [5.74, 6) is 0.148. The van der Waals surface area contributed by atoms with Gasteiger partial charge in [0.15, 0.2) is 0 Å². The number of likely N-dealkylation sites (tertiary alicyclic amines) is 2. The van der Waals surface area contributed by atoms with E-state index in [1.165, 1.54) is 4.90 Å². The fourth-order valence-electron chi connectivity index (χ4n) is 2.85. The highest BCUT2D eigenvalue weighted by atomic mass is 16.2. The van der Waals surface area contributed by atoms with Crippen LogP contribution >= 0.6 is 0 Å². The Kier molecular flexibility index (Phi) is 3.97. The highest BCUT2D eigenvalue weighted by Crippen LogP contribution is 2.25. The first-order valence-corrected chi connectivity index (χ1v) is 6.56. The lowest BCUT2D eigenvalue weighted by atomic mass is 9.93. The zero-order valence-corrected chi connectivity index (χ0v) is 10.8. The van der Waals surface area contributed by atoms with Crippen LogP contribution in [0.2, 0.25) is 0 Å². The van der Waals surface area contributed by atoms with Gasteiger partial charge < -0.3 is 0 Å². The first-order chi connectivity index (χ1) is 8.61. The largest absolute Gasteiger partial charge is 0.290 e. The molecule has 2 rings (SSSR count). The smallest absolute Gasteiger partial charge is 0.229 e. The molecule has 0 atom stereocenters. The Labute approximate surface area is 107 Å². The fourth-order valence-corrected chi connectivity index (χ4v) is 2.85. The molecule has 98 valence electrons. The minimum atomic E-state index is -0.0162. The average molecular weight is 249 g/mol. The number of nitriles is 1. The minimum Gasteiger partial charge on any atom is -0.290 e. The number of imide groups is 1. The van der Waals surface area contributed by atoms with Gasteiger partial charge >= 0.3 is 0 Å². The highest BCUT2D eigenvalue weighted by Gasteiger charge is 2.36. The van der Waals surface area contributed by atoms with Crippen molar-refractivity contribution >= 4 is 11.8 Å². The third-order valence-electron chi connectivity index (χ3n) is 3.80. The van der Waals surface area contributed by atoms with E-state index in [2.05, 4.69) is 11.0 Å². The minimum absolute atomic E-state index is 0.0162. The topological polar surface area (TPSA) is 64.4 Å². The van der Waals surface area contributed by atoms with E-state index in [0.717, 1.165) is 25.9 Å². The molecule has 0 aromatic heterocycles. The van der Waals surface area contributed by atoms with Crippen molar-refractivity contribution in [2.24, 2.45) is 5.92 Å². The van der Waals surface area contributed by atoms with Gasteiger partial charge in [-0.25, -0.2) is 0 Å². The number of hydrogen-bond acceptors (Lipinski definition) is 4. The summed E-state index contributed by atoms with van der Waals surface area (Å²) in [4.78, 5) is 27.5. The SMILES string of the molecule is CC1CC(=O)N(C2CCN(CC#N)CC2)C(=O)C1.